The maximum Gasteiger partial charge on any atom is 0.282 e. The van der Waals surface area contributed by atoms with E-state index in [1.165, 1.54) is 28.5 Å². The molecule has 1 aromatic heterocycles. The number of carbonyl (C=O) groups excluding carboxylic acids is 1. The molecule has 1 aliphatic heterocycles. The smallest absolute Gasteiger partial charge is 0.282 e. The predicted molar refractivity (Wildman–Crippen MR) is 116 cm³/mol. The van der Waals surface area contributed by atoms with Gasteiger partial charge < -0.3 is 9.47 Å². The molecule has 6 nitrogen and oxygen atoms in total. The average Bonchev–Trinajstić information content (AvgIpc) is 3.34. The summed E-state index contributed by atoms with van der Waals surface area (Å²) in [5, 5.41) is 7.94. The van der Waals surface area contributed by atoms with E-state index in [9.17, 15) is 9.18 Å². The Labute approximate surface area is 176 Å². The molecule has 30 heavy (non-hydrogen) atoms. The van der Waals surface area contributed by atoms with Gasteiger partial charge >= 0.3 is 0 Å². The number of hydrogen-bond donors (Lipinski definition) is 0. The Kier molecular flexibility index (Phi) is 5.33. The van der Waals surface area contributed by atoms with E-state index in [1.54, 1.807) is 51.5 Å². The van der Waals surface area contributed by atoms with Crippen molar-refractivity contribution in [2.24, 2.45) is 5.10 Å². The van der Waals surface area contributed by atoms with E-state index < -0.39 is 0 Å². The fourth-order valence-electron chi connectivity index (χ4n) is 3.04. The van der Waals surface area contributed by atoms with Crippen LogP contribution in [0, 0.1) is 5.82 Å². The van der Waals surface area contributed by atoms with Gasteiger partial charge in [-0.25, -0.2) is 9.37 Å². The molecule has 0 atom stereocenters. The fourth-order valence-corrected chi connectivity index (χ4v) is 3.82. The van der Waals surface area contributed by atoms with Crippen LogP contribution in [0.3, 0.4) is 0 Å². The van der Waals surface area contributed by atoms with Gasteiger partial charge in [0, 0.05) is 10.9 Å². The third-order valence-electron chi connectivity index (χ3n) is 4.59. The van der Waals surface area contributed by atoms with Gasteiger partial charge in [-0.2, -0.15) is 10.1 Å². The monoisotopic (exact) mass is 423 g/mol. The van der Waals surface area contributed by atoms with E-state index in [4.69, 9.17) is 9.47 Å². The van der Waals surface area contributed by atoms with E-state index in [1.807, 2.05) is 11.4 Å². The van der Waals surface area contributed by atoms with E-state index >= 15 is 0 Å². The molecule has 8 heteroatoms. The van der Waals surface area contributed by atoms with Crippen LogP contribution < -0.4 is 14.5 Å². The number of benzene rings is 2. The second kappa shape index (κ2) is 8.08. The molecule has 2 heterocycles. The van der Waals surface area contributed by atoms with Crippen LogP contribution in [0.5, 0.6) is 11.5 Å². The zero-order valence-corrected chi connectivity index (χ0v) is 17.4. The number of ether oxygens (including phenoxy) is 2. The zero-order chi connectivity index (χ0) is 21.3. The average molecular weight is 423 g/mol. The van der Waals surface area contributed by atoms with Crippen molar-refractivity contribution in [1.82, 2.24) is 4.98 Å². The largest absolute Gasteiger partial charge is 0.493 e. The van der Waals surface area contributed by atoms with Crippen molar-refractivity contribution in [3.05, 3.63) is 64.8 Å². The Morgan fingerprint density at radius 1 is 1.07 bits per heavy atom. The highest BCUT2D eigenvalue weighted by Crippen LogP contribution is 2.33. The van der Waals surface area contributed by atoms with E-state index in [-0.39, 0.29) is 11.7 Å². The Balaban J connectivity index is 1.61. The number of anilines is 1. The van der Waals surface area contributed by atoms with Crippen molar-refractivity contribution < 1.29 is 18.7 Å². The van der Waals surface area contributed by atoms with Gasteiger partial charge in [0.1, 0.15) is 5.82 Å². The van der Waals surface area contributed by atoms with Crippen LogP contribution in [0.4, 0.5) is 9.52 Å². The Morgan fingerprint density at radius 2 is 1.80 bits per heavy atom. The molecule has 0 spiro atoms. The molecule has 2 aromatic carbocycles. The Morgan fingerprint density at radius 3 is 2.50 bits per heavy atom. The summed E-state index contributed by atoms with van der Waals surface area (Å²) in [5.74, 6) is 0.615. The Bertz CT molecular complexity index is 1170. The quantitative estimate of drug-likeness (QED) is 0.555. The van der Waals surface area contributed by atoms with Crippen molar-refractivity contribution in [3.63, 3.8) is 0 Å². The molecule has 0 saturated carbocycles. The van der Waals surface area contributed by atoms with E-state index in [2.05, 4.69) is 10.1 Å². The first-order valence-electron chi connectivity index (χ1n) is 9.05. The van der Waals surface area contributed by atoms with Gasteiger partial charge in [-0.05, 0) is 55.0 Å². The van der Waals surface area contributed by atoms with Gasteiger partial charge in [-0.3, -0.25) is 4.79 Å². The normalized spacial score (nSPS) is 14.9. The lowest BCUT2D eigenvalue weighted by atomic mass is 10.1. The molecule has 0 radical (unpaired) electrons. The zero-order valence-electron chi connectivity index (χ0n) is 16.5. The second-order valence-corrected chi connectivity index (χ2v) is 7.33. The number of hydrazone groups is 1. The van der Waals surface area contributed by atoms with Crippen LogP contribution in [0.1, 0.15) is 12.5 Å². The topological polar surface area (TPSA) is 64.0 Å². The fraction of sp³-hybridized carbons (Fsp3) is 0.136. The number of hydrogen-bond acceptors (Lipinski definition) is 6. The van der Waals surface area contributed by atoms with Crippen molar-refractivity contribution in [2.75, 3.05) is 19.2 Å². The molecule has 0 saturated heterocycles. The lowest BCUT2D eigenvalue weighted by Crippen LogP contribution is -2.21. The summed E-state index contributed by atoms with van der Waals surface area (Å²) >= 11 is 1.30. The van der Waals surface area contributed by atoms with E-state index in [0.29, 0.717) is 33.6 Å². The minimum Gasteiger partial charge on any atom is -0.493 e. The maximum absolute atomic E-state index is 13.2. The molecule has 0 bridgehead atoms. The SMILES string of the molecule is COc1ccc(/C=C2\C(=O)N(c3nc(-c4ccc(F)cc4)cs3)N=C2C)cc1OC. The Hall–Kier alpha value is -3.52. The summed E-state index contributed by atoms with van der Waals surface area (Å²) in [6.07, 6.45) is 1.76. The van der Waals surface area contributed by atoms with Crippen LogP contribution in [0.25, 0.3) is 17.3 Å². The number of carbonyl (C=O) groups is 1. The first-order valence-corrected chi connectivity index (χ1v) is 9.93. The van der Waals surface area contributed by atoms with Crippen LogP contribution in [-0.2, 0) is 4.79 Å². The van der Waals surface area contributed by atoms with E-state index in [0.717, 1.165) is 11.1 Å². The molecule has 152 valence electrons. The second-order valence-electron chi connectivity index (χ2n) is 6.50. The van der Waals surface area contributed by atoms with Crippen LogP contribution in [-0.4, -0.2) is 30.8 Å². The summed E-state index contributed by atoms with van der Waals surface area (Å²) in [7, 11) is 3.13. The molecule has 4 rings (SSSR count). The van der Waals surface area contributed by atoms with Gasteiger partial charge in [0.2, 0.25) is 5.13 Å². The van der Waals surface area contributed by atoms with Crippen LogP contribution in [0.2, 0.25) is 0 Å². The summed E-state index contributed by atoms with van der Waals surface area (Å²) < 4.78 is 23.7. The summed E-state index contributed by atoms with van der Waals surface area (Å²) in [4.78, 5) is 17.5. The van der Waals surface area contributed by atoms with Crippen molar-refractivity contribution >= 4 is 34.2 Å². The van der Waals surface area contributed by atoms with Gasteiger partial charge in [-0.15, -0.1) is 11.3 Å². The highest BCUT2D eigenvalue weighted by molar-refractivity contribution is 7.14. The minimum absolute atomic E-state index is 0.262. The standard InChI is InChI=1S/C22H18FN3O3S/c1-13-17(10-14-4-9-19(28-2)20(11-14)29-3)21(27)26(25-13)22-24-18(12-30-22)15-5-7-16(23)8-6-15/h4-12H,1-3H3/b17-10-. The van der Waals surface area contributed by atoms with Crippen LogP contribution >= 0.6 is 11.3 Å². The first-order chi connectivity index (χ1) is 14.5. The van der Waals surface area contributed by atoms with Crippen LogP contribution in [0.15, 0.2) is 58.5 Å². The molecular formula is C22H18FN3O3S. The molecule has 3 aromatic rings. The molecule has 0 N–H and O–H groups in total. The van der Waals surface area contributed by atoms with Gasteiger partial charge in [-0.1, -0.05) is 6.07 Å². The minimum atomic E-state index is -0.311. The third-order valence-corrected chi connectivity index (χ3v) is 5.41. The third kappa shape index (κ3) is 3.69. The predicted octanol–water partition coefficient (Wildman–Crippen LogP) is 4.77. The number of methoxy groups -OCH3 is 2. The number of aromatic nitrogens is 1. The lowest BCUT2D eigenvalue weighted by molar-refractivity contribution is -0.114. The molecule has 0 unspecified atom stereocenters. The molecule has 0 aliphatic carbocycles. The number of nitrogens with zero attached hydrogens (tertiary/aromatic N) is 3. The maximum atomic E-state index is 13.2. The van der Waals surface area contributed by atoms with Crippen molar-refractivity contribution in [3.8, 4) is 22.8 Å². The molecule has 1 amide bonds. The first kappa shape index (κ1) is 19.8. The number of halogens is 1. The number of amides is 1. The molecule has 0 fully saturated rings. The molecule has 1 aliphatic rings. The van der Waals surface area contributed by atoms with Gasteiger partial charge in [0.25, 0.3) is 5.91 Å². The summed E-state index contributed by atoms with van der Waals surface area (Å²) in [6.45, 7) is 1.78. The van der Waals surface area contributed by atoms with Gasteiger partial charge in [0.05, 0.1) is 31.2 Å². The van der Waals surface area contributed by atoms with Gasteiger partial charge in [0.15, 0.2) is 11.5 Å². The lowest BCUT2D eigenvalue weighted by Gasteiger charge is -2.09. The summed E-state index contributed by atoms with van der Waals surface area (Å²) in [6, 6.07) is 11.5. The van der Waals surface area contributed by atoms with Crippen molar-refractivity contribution in [2.45, 2.75) is 6.92 Å². The highest BCUT2D eigenvalue weighted by atomic mass is 32.1. The molecular weight excluding hydrogens is 405 g/mol. The number of thiazole rings is 1. The van der Waals surface area contributed by atoms with Crippen molar-refractivity contribution in [1.29, 1.82) is 0 Å². The highest BCUT2D eigenvalue weighted by Gasteiger charge is 2.30. The summed E-state index contributed by atoms with van der Waals surface area (Å²) in [5.41, 5.74) is 3.29. The number of rotatable bonds is 5.